The summed E-state index contributed by atoms with van der Waals surface area (Å²) in [4.78, 5) is 14.3. The van der Waals surface area contributed by atoms with Gasteiger partial charge in [-0.05, 0) is 25.3 Å². The van der Waals surface area contributed by atoms with Gasteiger partial charge >= 0.3 is 0 Å². The number of hydrogen-bond acceptors (Lipinski definition) is 5. The fraction of sp³-hybridized carbons (Fsp3) is 0.643. The molecule has 1 aliphatic carbocycles. The Balaban J connectivity index is 2.04. The molecule has 1 aliphatic rings. The van der Waals surface area contributed by atoms with E-state index in [0.29, 0.717) is 12.4 Å². The van der Waals surface area contributed by atoms with Gasteiger partial charge in [0.15, 0.2) is 0 Å². The van der Waals surface area contributed by atoms with E-state index in [4.69, 9.17) is 0 Å². The Morgan fingerprint density at radius 2 is 2.15 bits per heavy atom. The molecule has 2 rings (SSSR count). The highest BCUT2D eigenvalue weighted by atomic mass is 16.6. The summed E-state index contributed by atoms with van der Waals surface area (Å²) in [6.45, 7) is 2.63. The lowest BCUT2D eigenvalue weighted by molar-refractivity contribution is -0.385. The van der Waals surface area contributed by atoms with E-state index < -0.39 is 4.92 Å². The molecule has 0 radical (unpaired) electrons. The summed E-state index contributed by atoms with van der Waals surface area (Å²) < 4.78 is 0. The van der Waals surface area contributed by atoms with Crippen molar-refractivity contribution in [2.24, 2.45) is 5.41 Å². The second-order valence-corrected chi connectivity index (χ2v) is 5.69. The minimum atomic E-state index is -0.444. The highest BCUT2D eigenvalue weighted by molar-refractivity contribution is 5.48. The van der Waals surface area contributed by atoms with E-state index in [1.165, 1.54) is 18.7 Å². The van der Waals surface area contributed by atoms with E-state index in [1.54, 1.807) is 6.92 Å². The van der Waals surface area contributed by atoms with Gasteiger partial charge in [-0.15, -0.1) is 0 Å². The van der Waals surface area contributed by atoms with Crippen LogP contribution in [0, 0.1) is 22.5 Å². The van der Waals surface area contributed by atoms with Crippen molar-refractivity contribution in [2.45, 2.75) is 39.0 Å². The van der Waals surface area contributed by atoms with Gasteiger partial charge in [0.05, 0.1) is 11.5 Å². The molecule has 110 valence electrons. The molecule has 0 aliphatic heterocycles. The minimum absolute atomic E-state index is 0.00240. The van der Waals surface area contributed by atoms with Gasteiger partial charge in [0, 0.05) is 18.0 Å². The van der Waals surface area contributed by atoms with Crippen LogP contribution in [0.5, 0.6) is 0 Å². The van der Waals surface area contributed by atoms with E-state index in [0.717, 1.165) is 31.2 Å². The fourth-order valence-corrected chi connectivity index (χ4v) is 2.81. The van der Waals surface area contributed by atoms with Gasteiger partial charge in [-0.25, -0.2) is 4.98 Å². The summed E-state index contributed by atoms with van der Waals surface area (Å²) in [7, 11) is 0. The molecule has 1 heterocycles. The van der Waals surface area contributed by atoms with Crippen LogP contribution in [0.25, 0.3) is 0 Å². The topological polar surface area (TPSA) is 88.3 Å². The van der Waals surface area contributed by atoms with Crippen LogP contribution in [-0.4, -0.2) is 28.2 Å². The van der Waals surface area contributed by atoms with Gasteiger partial charge in [-0.3, -0.25) is 10.1 Å². The molecular weight excluding hydrogens is 258 g/mol. The molecule has 20 heavy (non-hydrogen) atoms. The van der Waals surface area contributed by atoms with Crippen molar-refractivity contribution in [1.29, 1.82) is 0 Å². The molecule has 6 nitrogen and oxygen atoms in total. The molecule has 0 aromatic carbocycles. The van der Waals surface area contributed by atoms with E-state index in [2.05, 4.69) is 10.3 Å². The summed E-state index contributed by atoms with van der Waals surface area (Å²) in [6.07, 6.45) is 6.83. The van der Waals surface area contributed by atoms with Gasteiger partial charge in [-0.2, -0.15) is 0 Å². The van der Waals surface area contributed by atoms with Crippen LogP contribution in [0.4, 0.5) is 11.5 Å². The molecule has 0 bridgehead atoms. The number of pyridine rings is 1. The van der Waals surface area contributed by atoms with Crippen molar-refractivity contribution in [3.8, 4) is 0 Å². The largest absolute Gasteiger partial charge is 0.396 e. The van der Waals surface area contributed by atoms with Crippen LogP contribution in [0.2, 0.25) is 0 Å². The fourth-order valence-electron chi connectivity index (χ4n) is 2.81. The monoisotopic (exact) mass is 279 g/mol. The predicted molar refractivity (Wildman–Crippen MR) is 76.7 cm³/mol. The molecule has 2 N–H and O–H groups in total. The van der Waals surface area contributed by atoms with E-state index in [9.17, 15) is 15.2 Å². The molecule has 0 amide bonds. The van der Waals surface area contributed by atoms with Crippen molar-refractivity contribution < 1.29 is 10.0 Å². The third kappa shape index (κ3) is 3.25. The number of anilines is 1. The Hall–Kier alpha value is -1.69. The SMILES string of the molecule is Cc1cc([N+](=O)[O-])cnc1NCC1(CO)CCCCC1. The lowest BCUT2D eigenvalue weighted by Crippen LogP contribution is -2.35. The molecule has 0 saturated heterocycles. The average Bonchev–Trinajstić information content (AvgIpc) is 2.47. The van der Waals surface area contributed by atoms with Crippen LogP contribution < -0.4 is 5.32 Å². The molecule has 1 aromatic rings. The number of hydrogen-bond donors (Lipinski definition) is 2. The Morgan fingerprint density at radius 1 is 1.45 bits per heavy atom. The standard InChI is InChI=1S/C14H21N3O3/c1-11-7-12(17(19)20)8-15-13(11)16-9-14(10-18)5-3-2-4-6-14/h7-8,18H,2-6,9-10H2,1H3,(H,15,16). The number of aromatic nitrogens is 1. The number of nitro groups is 1. The van der Waals surface area contributed by atoms with Crippen molar-refractivity contribution in [2.75, 3.05) is 18.5 Å². The molecule has 0 unspecified atom stereocenters. The predicted octanol–water partition coefficient (Wildman–Crippen LogP) is 2.65. The first-order valence-corrected chi connectivity index (χ1v) is 7.02. The molecule has 1 saturated carbocycles. The van der Waals surface area contributed by atoms with Gasteiger partial charge in [0.2, 0.25) is 0 Å². The van der Waals surface area contributed by atoms with Crippen LogP contribution in [0.1, 0.15) is 37.7 Å². The number of aryl methyl sites for hydroxylation is 1. The van der Waals surface area contributed by atoms with Crippen molar-refractivity contribution in [1.82, 2.24) is 4.98 Å². The molecule has 1 aromatic heterocycles. The number of aliphatic hydroxyl groups is 1. The molecule has 0 atom stereocenters. The highest BCUT2D eigenvalue weighted by Gasteiger charge is 2.31. The van der Waals surface area contributed by atoms with Gasteiger partial charge in [-0.1, -0.05) is 19.3 Å². The highest BCUT2D eigenvalue weighted by Crippen LogP contribution is 2.36. The maximum atomic E-state index is 10.7. The first kappa shape index (κ1) is 14.7. The van der Waals surface area contributed by atoms with E-state index in [-0.39, 0.29) is 17.7 Å². The zero-order chi connectivity index (χ0) is 14.6. The first-order chi connectivity index (χ1) is 9.56. The number of aliphatic hydroxyl groups excluding tert-OH is 1. The maximum absolute atomic E-state index is 10.7. The van der Waals surface area contributed by atoms with Crippen molar-refractivity contribution in [3.05, 3.63) is 27.9 Å². The van der Waals surface area contributed by atoms with Crippen molar-refractivity contribution >= 4 is 11.5 Å². The maximum Gasteiger partial charge on any atom is 0.287 e. The Kier molecular flexibility index (Phi) is 4.54. The quantitative estimate of drug-likeness (QED) is 0.639. The van der Waals surface area contributed by atoms with E-state index in [1.807, 2.05) is 0 Å². The summed E-state index contributed by atoms with van der Waals surface area (Å²) in [5.41, 5.74) is 0.680. The van der Waals surface area contributed by atoms with Crippen LogP contribution in [-0.2, 0) is 0 Å². The lowest BCUT2D eigenvalue weighted by atomic mass is 9.74. The van der Waals surface area contributed by atoms with E-state index >= 15 is 0 Å². The smallest absolute Gasteiger partial charge is 0.287 e. The van der Waals surface area contributed by atoms with Gasteiger partial charge in [0.1, 0.15) is 12.0 Å². The zero-order valence-corrected chi connectivity index (χ0v) is 11.8. The normalized spacial score (nSPS) is 17.7. The lowest BCUT2D eigenvalue weighted by Gasteiger charge is -2.35. The molecule has 6 heteroatoms. The molecule has 1 fully saturated rings. The van der Waals surface area contributed by atoms with Crippen LogP contribution >= 0.6 is 0 Å². The number of rotatable bonds is 5. The molecule has 0 spiro atoms. The minimum Gasteiger partial charge on any atom is -0.396 e. The summed E-state index contributed by atoms with van der Waals surface area (Å²) in [5, 5.41) is 23.6. The van der Waals surface area contributed by atoms with Gasteiger partial charge in [0.25, 0.3) is 5.69 Å². The first-order valence-electron chi connectivity index (χ1n) is 7.02. The second-order valence-electron chi connectivity index (χ2n) is 5.69. The Bertz CT molecular complexity index is 485. The Labute approximate surface area is 118 Å². The Morgan fingerprint density at radius 3 is 2.70 bits per heavy atom. The third-order valence-electron chi connectivity index (χ3n) is 4.16. The van der Waals surface area contributed by atoms with Crippen molar-refractivity contribution in [3.63, 3.8) is 0 Å². The summed E-state index contributed by atoms with van der Waals surface area (Å²) in [5.74, 6) is 0.661. The average molecular weight is 279 g/mol. The van der Waals surface area contributed by atoms with Crippen LogP contribution in [0.15, 0.2) is 12.3 Å². The van der Waals surface area contributed by atoms with Gasteiger partial charge < -0.3 is 10.4 Å². The third-order valence-corrected chi connectivity index (χ3v) is 4.16. The van der Waals surface area contributed by atoms with Crippen LogP contribution in [0.3, 0.4) is 0 Å². The second kappa shape index (κ2) is 6.17. The molecular formula is C14H21N3O3. The number of nitrogens with one attached hydrogen (secondary N) is 1. The summed E-state index contributed by atoms with van der Waals surface area (Å²) in [6, 6.07) is 1.52. The zero-order valence-electron chi connectivity index (χ0n) is 11.8. The summed E-state index contributed by atoms with van der Waals surface area (Å²) >= 11 is 0. The number of nitrogens with zero attached hydrogens (tertiary/aromatic N) is 2.